The minimum absolute atomic E-state index is 0.0456. The number of ether oxygens (including phenoxy) is 2. The third kappa shape index (κ3) is 6.62. The second kappa shape index (κ2) is 9.40. The predicted molar refractivity (Wildman–Crippen MR) is 120 cm³/mol. The first kappa shape index (κ1) is 23.9. The molecule has 0 fully saturated rings. The molecule has 3 aromatic rings. The summed E-state index contributed by atoms with van der Waals surface area (Å²) in [6, 6.07) is 17.9. The van der Waals surface area contributed by atoms with Crippen LogP contribution in [0.15, 0.2) is 72.8 Å². The van der Waals surface area contributed by atoms with Gasteiger partial charge in [-0.15, -0.1) is 13.2 Å². The Labute approximate surface area is 189 Å². The van der Waals surface area contributed by atoms with Gasteiger partial charge in [0.25, 0.3) is 0 Å². The Bertz CT molecular complexity index is 1160. The fourth-order valence-corrected chi connectivity index (χ4v) is 3.16. The zero-order valence-corrected chi connectivity index (χ0v) is 18.3. The highest BCUT2D eigenvalue weighted by Crippen LogP contribution is 2.38. The highest BCUT2D eigenvalue weighted by molar-refractivity contribution is 5.86. The lowest BCUT2D eigenvalue weighted by Crippen LogP contribution is -2.17. The molecule has 0 aliphatic rings. The van der Waals surface area contributed by atoms with Crippen LogP contribution in [0.2, 0.25) is 0 Å². The first-order chi connectivity index (χ1) is 15.4. The topological polar surface area (TPSA) is 55.8 Å². The molecule has 1 N–H and O–H groups in total. The van der Waals surface area contributed by atoms with Gasteiger partial charge in [-0.3, -0.25) is 0 Å². The van der Waals surface area contributed by atoms with Crippen molar-refractivity contribution in [3.8, 4) is 28.4 Å². The van der Waals surface area contributed by atoms with Crippen LogP contribution in [0.3, 0.4) is 0 Å². The normalized spacial score (nSPS) is 12.1. The Balaban J connectivity index is 2.03. The van der Waals surface area contributed by atoms with Gasteiger partial charge >= 0.3 is 12.3 Å². The highest BCUT2D eigenvalue weighted by Gasteiger charge is 2.32. The molecule has 0 radical (unpaired) electrons. The Morgan fingerprint density at radius 2 is 1.58 bits per heavy atom. The number of aliphatic carboxylic acids is 1. The third-order valence-electron chi connectivity index (χ3n) is 4.79. The van der Waals surface area contributed by atoms with Gasteiger partial charge in [0.05, 0.1) is 0 Å². The van der Waals surface area contributed by atoms with Crippen LogP contribution in [-0.4, -0.2) is 17.4 Å². The quantitative estimate of drug-likeness (QED) is 0.392. The molecule has 0 saturated carbocycles. The minimum atomic E-state index is -4.84. The van der Waals surface area contributed by atoms with Crippen molar-refractivity contribution in [1.82, 2.24) is 0 Å². The number of carboxylic acid groups (broad SMARTS) is 1. The van der Waals surface area contributed by atoms with E-state index in [1.54, 1.807) is 36.4 Å². The molecule has 0 atom stereocenters. The largest absolute Gasteiger partial charge is 0.573 e. The lowest BCUT2D eigenvalue weighted by Gasteiger charge is -2.19. The maximum absolute atomic E-state index is 12.8. The lowest BCUT2D eigenvalue weighted by molar-refractivity contribution is -0.274. The maximum atomic E-state index is 12.8. The predicted octanol–water partition coefficient (Wildman–Crippen LogP) is 7.44. The molecule has 0 aromatic heterocycles. The second-order valence-electron chi connectivity index (χ2n) is 8.34. The fourth-order valence-electron chi connectivity index (χ4n) is 3.16. The number of benzene rings is 3. The van der Waals surface area contributed by atoms with Gasteiger partial charge in [-0.1, -0.05) is 63.2 Å². The number of halogens is 3. The highest BCUT2D eigenvalue weighted by atomic mass is 19.4. The summed E-state index contributed by atoms with van der Waals surface area (Å²) in [5.41, 5.74) is 2.15. The van der Waals surface area contributed by atoms with Crippen LogP contribution in [0.25, 0.3) is 17.2 Å². The summed E-state index contributed by atoms with van der Waals surface area (Å²) >= 11 is 0. The molecule has 0 aliphatic carbocycles. The van der Waals surface area contributed by atoms with Crippen molar-refractivity contribution in [2.45, 2.75) is 32.5 Å². The van der Waals surface area contributed by atoms with Gasteiger partial charge in [0.1, 0.15) is 17.2 Å². The number of carbonyl (C=O) groups is 1. The molecule has 0 amide bonds. The number of hydrogen-bond acceptors (Lipinski definition) is 3. The van der Waals surface area contributed by atoms with E-state index in [0.717, 1.165) is 11.6 Å². The molecule has 0 bridgehead atoms. The van der Waals surface area contributed by atoms with E-state index in [1.807, 2.05) is 12.1 Å². The van der Waals surface area contributed by atoms with Gasteiger partial charge in [0, 0.05) is 17.2 Å². The zero-order chi connectivity index (χ0) is 24.2. The minimum Gasteiger partial charge on any atom is -0.478 e. The summed E-state index contributed by atoms with van der Waals surface area (Å²) in [6.07, 6.45) is -2.51. The van der Waals surface area contributed by atoms with Crippen LogP contribution in [0, 0.1) is 0 Å². The number of alkyl halides is 3. The van der Waals surface area contributed by atoms with Gasteiger partial charge in [0.2, 0.25) is 0 Å². The zero-order valence-electron chi connectivity index (χ0n) is 18.3. The molecule has 172 valence electrons. The van der Waals surface area contributed by atoms with Crippen molar-refractivity contribution in [2.75, 3.05) is 0 Å². The molecule has 0 aliphatic heterocycles. The van der Waals surface area contributed by atoms with E-state index in [0.29, 0.717) is 16.9 Å². The maximum Gasteiger partial charge on any atom is 0.573 e. The molecule has 4 nitrogen and oxygen atoms in total. The van der Waals surface area contributed by atoms with E-state index >= 15 is 0 Å². The van der Waals surface area contributed by atoms with E-state index in [1.165, 1.54) is 24.3 Å². The molecule has 0 heterocycles. The van der Waals surface area contributed by atoms with E-state index in [-0.39, 0.29) is 22.5 Å². The van der Waals surface area contributed by atoms with Crippen LogP contribution < -0.4 is 9.47 Å². The van der Waals surface area contributed by atoms with Crippen LogP contribution in [0.4, 0.5) is 13.2 Å². The van der Waals surface area contributed by atoms with Gasteiger partial charge in [-0.2, -0.15) is 0 Å². The number of rotatable bonds is 6. The Morgan fingerprint density at radius 3 is 2.18 bits per heavy atom. The standard InChI is InChI=1S/C26H23F3O4/c1-25(2,3)19-11-13-20(14-12-19)32-23-16-18(9-8-17(23)10-15-24(30)31)21-6-4-5-7-22(21)33-26(27,28)29/h4-16H,1-3H3,(H,30,31)/b15-10+. The van der Waals surface area contributed by atoms with Crippen molar-refractivity contribution >= 4 is 12.0 Å². The van der Waals surface area contributed by atoms with Gasteiger partial charge in [0.15, 0.2) is 0 Å². The number of para-hydroxylation sites is 1. The third-order valence-corrected chi connectivity index (χ3v) is 4.79. The van der Waals surface area contributed by atoms with Gasteiger partial charge < -0.3 is 14.6 Å². The van der Waals surface area contributed by atoms with E-state index < -0.39 is 12.3 Å². The Hall–Kier alpha value is -3.74. The fraction of sp³-hybridized carbons (Fsp3) is 0.192. The molecule has 3 rings (SSSR count). The van der Waals surface area contributed by atoms with Crippen LogP contribution in [0.5, 0.6) is 17.2 Å². The van der Waals surface area contributed by atoms with Gasteiger partial charge in [-0.25, -0.2) is 4.79 Å². The van der Waals surface area contributed by atoms with Gasteiger partial charge in [-0.05, 0) is 46.9 Å². The lowest BCUT2D eigenvalue weighted by atomic mass is 9.87. The smallest absolute Gasteiger partial charge is 0.478 e. The van der Waals surface area contributed by atoms with E-state index in [2.05, 4.69) is 25.5 Å². The Kier molecular flexibility index (Phi) is 6.81. The first-order valence-corrected chi connectivity index (χ1v) is 10.1. The average Bonchev–Trinajstić information content (AvgIpc) is 2.72. The molecular weight excluding hydrogens is 433 g/mol. The molecule has 0 spiro atoms. The van der Waals surface area contributed by atoms with E-state index in [4.69, 9.17) is 9.84 Å². The molecule has 7 heteroatoms. The van der Waals surface area contributed by atoms with Crippen molar-refractivity contribution in [2.24, 2.45) is 0 Å². The van der Waals surface area contributed by atoms with E-state index in [9.17, 15) is 18.0 Å². The average molecular weight is 456 g/mol. The summed E-state index contributed by atoms with van der Waals surface area (Å²) in [5, 5.41) is 8.99. The van der Waals surface area contributed by atoms with Crippen molar-refractivity contribution in [1.29, 1.82) is 0 Å². The summed E-state index contributed by atoms with van der Waals surface area (Å²) in [7, 11) is 0. The molecule has 0 unspecified atom stereocenters. The second-order valence-corrected chi connectivity index (χ2v) is 8.34. The molecular formula is C26H23F3O4. The SMILES string of the molecule is CC(C)(C)c1ccc(Oc2cc(-c3ccccc3OC(F)(F)F)ccc2/C=C/C(=O)O)cc1. The summed E-state index contributed by atoms with van der Waals surface area (Å²) in [6.45, 7) is 6.25. The van der Waals surface area contributed by atoms with Crippen molar-refractivity contribution < 1.29 is 32.5 Å². The molecule has 3 aromatic carbocycles. The molecule has 0 saturated heterocycles. The van der Waals surface area contributed by atoms with Crippen molar-refractivity contribution in [3.63, 3.8) is 0 Å². The van der Waals surface area contributed by atoms with Crippen LogP contribution >= 0.6 is 0 Å². The van der Waals surface area contributed by atoms with Crippen molar-refractivity contribution in [3.05, 3.63) is 83.9 Å². The number of hydrogen-bond donors (Lipinski definition) is 1. The number of carboxylic acids is 1. The van der Waals surface area contributed by atoms with Crippen LogP contribution in [0.1, 0.15) is 31.9 Å². The van der Waals surface area contributed by atoms with Crippen LogP contribution in [-0.2, 0) is 10.2 Å². The molecule has 33 heavy (non-hydrogen) atoms. The Morgan fingerprint density at radius 1 is 0.909 bits per heavy atom. The monoisotopic (exact) mass is 456 g/mol. The summed E-state index contributed by atoms with van der Waals surface area (Å²) in [5.74, 6) is -0.692. The first-order valence-electron chi connectivity index (χ1n) is 10.1. The summed E-state index contributed by atoms with van der Waals surface area (Å²) in [4.78, 5) is 11.0. The summed E-state index contributed by atoms with van der Waals surface area (Å²) < 4.78 is 48.7.